The third-order valence-electron chi connectivity index (χ3n) is 1.17. The van der Waals surface area contributed by atoms with Gasteiger partial charge in [0.2, 0.25) is 0 Å². The predicted octanol–water partition coefficient (Wildman–Crippen LogP) is -0.989. The lowest BCUT2D eigenvalue weighted by atomic mass is 10.3. The summed E-state index contributed by atoms with van der Waals surface area (Å²) in [6.45, 7) is 0. The maximum atomic E-state index is 10.5. The average Bonchev–Trinajstić information content (AvgIpc) is 2.64. The molecule has 0 spiro atoms. The van der Waals surface area contributed by atoms with Gasteiger partial charge in [-0.05, 0) is 0 Å². The number of methoxy groups -OCH3 is 1. The van der Waals surface area contributed by atoms with Crippen LogP contribution in [-0.2, 0) is 19.1 Å². The second kappa shape index (κ2) is 2.26. The summed E-state index contributed by atoms with van der Waals surface area (Å²) >= 11 is 0. The van der Waals surface area contributed by atoms with E-state index in [4.69, 9.17) is 5.11 Å². The van der Waals surface area contributed by atoms with Gasteiger partial charge in [-0.2, -0.15) is 0 Å². The van der Waals surface area contributed by atoms with Crippen molar-refractivity contribution in [3.63, 3.8) is 0 Å². The standard InChI is InChI=1S/C5H6O5/c1-9-5(8)3-2(10-3)4(6)7/h2-3H,1H3,(H,6,7)/t2-,3-/m1/s1. The average molecular weight is 146 g/mol. The molecule has 1 fully saturated rings. The van der Waals surface area contributed by atoms with Crippen LogP contribution in [0.4, 0.5) is 0 Å². The van der Waals surface area contributed by atoms with E-state index in [1.54, 1.807) is 0 Å². The molecule has 5 heteroatoms. The van der Waals surface area contributed by atoms with Crippen LogP contribution in [0.3, 0.4) is 0 Å². The first-order valence-electron chi connectivity index (χ1n) is 2.63. The van der Waals surface area contributed by atoms with Crippen LogP contribution in [0.1, 0.15) is 0 Å². The van der Waals surface area contributed by atoms with E-state index in [2.05, 4.69) is 9.47 Å². The molecule has 0 bridgehead atoms. The molecule has 0 aliphatic carbocycles. The molecule has 0 aromatic rings. The van der Waals surface area contributed by atoms with E-state index in [0.29, 0.717) is 0 Å². The van der Waals surface area contributed by atoms with Crippen LogP contribution in [0.25, 0.3) is 0 Å². The molecule has 1 rings (SSSR count). The number of carboxylic acids is 1. The third-order valence-corrected chi connectivity index (χ3v) is 1.17. The van der Waals surface area contributed by atoms with E-state index >= 15 is 0 Å². The summed E-state index contributed by atoms with van der Waals surface area (Å²) in [5.74, 6) is -1.76. The van der Waals surface area contributed by atoms with Gasteiger partial charge in [0.05, 0.1) is 7.11 Å². The number of carboxylic acid groups (broad SMARTS) is 1. The van der Waals surface area contributed by atoms with Crippen molar-refractivity contribution in [2.45, 2.75) is 12.2 Å². The Morgan fingerprint density at radius 1 is 1.50 bits per heavy atom. The van der Waals surface area contributed by atoms with Gasteiger partial charge >= 0.3 is 11.9 Å². The number of aliphatic carboxylic acids is 1. The minimum absolute atomic E-state index is 0.632. The second-order valence-electron chi connectivity index (χ2n) is 1.84. The quantitative estimate of drug-likeness (QED) is 0.400. The molecule has 0 amide bonds. The number of hydrogen-bond acceptors (Lipinski definition) is 4. The number of carbonyl (C=O) groups is 2. The molecule has 0 radical (unpaired) electrons. The maximum Gasteiger partial charge on any atom is 0.338 e. The molecular formula is C5H6O5. The van der Waals surface area contributed by atoms with Crippen LogP contribution in [0.15, 0.2) is 0 Å². The molecule has 1 heterocycles. The van der Waals surface area contributed by atoms with E-state index in [1.165, 1.54) is 7.11 Å². The number of esters is 1. The zero-order chi connectivity index (χ0) is 7.72. The molecule has 2 atom stereocenters. The SMILES string of the molecule is COC(=O)[C@@H]1O[C@H]1C(=O)O. The first-order chi connectivity index (χ1) is 4.66. The molecule has 1 saturated heterocycles. The van der Waals surface area contributed by atoms with Crippen LogP contribution in [0.5, 0.6) is 0 Å². The van der Waals surface area contributed by atoms with E-state index < -0.39 is 24.1 Å². The molecule has 0 aromatic carbocycles. The molecular weight excluding hydrogens is 140 g/mol. The number of rotatable bonds is 2. The number of carbonyl (C=O) groups excluding carboxylic acids is 1. The highest BCUT2D eigenvalue weighted by Crippen LogP contribution is 2.22. The lowest BCUT2D eigenvalue weighted by Gasteiger charge is -1.88. The van der Waals surface area contributed by atoms with E-state index in [0.717, 1.165) is 0 Å². The first kappa shape index (κ1) is 7.01. The lowest BCUT2D eigenvalue weighted by Crippen LogP contribution is -2.16. The third kappa shape index (κ3) is 1.08. The Kier molecular flexibility index (Phi) is 1.58. The Morgan fingerprint density at radius 3 is 2.40 bits per heavy atom. The van der Waals surface area contributed by atoms with Gasteiger partial charge in [0.15, 0.2) is 12.2 Å². The first-order valence-corrected chi connectivity index (χ1v) is 2.63. The predicted molar refractivity (Wildman–Crippen MR) is 28.3 cm³/mol. The Labute approximate surface area is 56.5 Å². The molecule has 0 aromatic heterocycles. The minimum Gasteiger partial charge on any atom is -0.479 e. The Morgan fingerprint density at radius 2 is 2.10 bits per heavy atom. The van der Waals surface area contributed by atoms with Crippen LogP contribution in [-0.4, -0.2) is 36.4 Å². The van der Waals surface area contributed by atoms with Gasteiger partial charge in [-0.3, -0.25) is 0 Å². The van der Waals surface area contributed by atoms with Gasteiger partial charge in [0, 0.05) is 0 Å². The van der Waals surface area contributed by atoms with Crippen molar-refractivity contribution in [3.8, 4) is 0 Å². The highest BCUT2D eigenvalue weighted by atomic mass is 16.6. The van der Waals surface area contributed by atoms with Crippen molar-refractivity contribution in [3.05, 3.63) is 0 Å². The fraction of sp³-hybridized carbons (Fsp3) is 0.600. The Hall–Kier alpha value is -1.10. The molecule has 0 unspecified atom stereocenters. The molecule has 0 saturated carbocycles. The number of epoxide rings is 1. The van der Waals surface area contributed by atoms with Crippen molar-refractivity contribution in [1.82, 2.24) is 0 Å². The van der Waals surface area contributed by atoms with Gasteiger partial charge < -0.3 is 14.6 Å². The van der Waals surface area contributed by atoms with E-state index in [9.17, 15) is 9.59 Å². The van der Waals surface area contributed by atoms with Gasteiger partial charge in [-0.15, -0.1) is 0 Å². The summed E-state index contributed by atoms with van der Waals surface area (Å²) in [7, 11) is 1.18. The van der Waals surface area contributed by atoms with Crippen molar-refractivity contribution in [2.75, 3.05) is 7.11 Å². The highest BCUT2D eigenvalue weighted by Gasteiger charge is 2.51. The summed E-state index contributed by atoms with van der Waals surface area (Å²) in [5.41, 5.74) is 0. The largest absolute Gasteiger partial charge is 0.479 e. The summed E-state index contributed by atoms with van der Waals surface area (Å²) in [4.78, 5) is 20.5. The van der Waals surface area contributed by atoms with Crippen LogP contribution in [0, 0.1) is 0 Å². The van der Waals surface area contributed by atoms with Gasteiger partial charge in [0.1, 0.15) is 0 Å². The van der Waals surface area contributed by atoms with Crippen LogP contribution in [0.2, 0.25) is 0 Å². The molecule has 1 N–H and O–H groups in total. The smallest absolute Gasteiger partial charge is 0.338 e. The zero-order valence-corrected chi connectivity index (χ0v) is 5.23. The Balaban J connectivity index is 2.38. The number of hydrogen-bond donors (Lipinski definition) is 1. The van der Waals surface area contributed by atoms with E-state index in [1.807, 2.05) is 0 Å². The summed E-state index contributed by atoms with van der Waals surface area (Å²) in [5, 5.41) is 8.24. The second-order valence-corrected chi connectivity index (χ2v) is 1.84. The lowest BCUT2D eigenvalue weighted by molar-refractivity contribution is -0.143. The Bertz CT molecular complexity index is 175. The van der Waals surface area contributed by atoms with E-state index in [-0.39, 0.29) is 0 Å². The molecule has 10 heavy (non-hydrogen) atoms. The summed E-state index contributed by atoms with van der Waals surface area (Å²) in [6, 6.07) is 0. The van der Waals surface area contributed by atoms with Crippen molar-refractivity contribution < 1.29 is 24.2 Å². The van der Waals surface area contributed by atoms with Crippen molar-refractivity contribution >= 4 is 11.9 Å². The van der Waals surface area contributed by atoms with Crippen molar-refractivity contribution in [2.24, 2.45) is 0 Å². The van der Waals surface area contributed by atoms with Gasteiger partial charge in [0.25, 0.3) is 0 Å². The molecule has 56 valence electrons. The monoisotopic (exact) mass is 146 g/mol. The molecule has 5 nitrogen and oxygen atoms in total. The minimum atomic E-state index is -1.13. The summed E-state index contributed by atoms with van der Waals surface area (Å²) in [6.07, 6.45) is -1.88. The van der Waals surface area contributed by atoms with Crippen LogP contribution < -0.4 is 0 Å². The van der Waals surface area contributed by atoms with Gasteiger partial charge in [-0.25, -0.2) is 9.59 Å². The van der Waals surface area contributed by atoms with Gasteiger partial charge in [-0.1, -0.05) is 0 Å². The van der Waals surface area contributed by atoms with Crippen molar-refractivity contribution in [1.29, 1.82) is 0 Å². The van der Waals surface area contributed by atoms with Crippen LogP contribution >= 0.6 is 0 Å². The normalized spacial score (nSPS) is 29.3. The highest BCUT2D eigenvalue weighted by molar-refractivity contribution is 5.88. The summed E-state index contributed by atoms with van der Waals surface area (Å²) < 4.78 is 8.68. The number of ether oxygens (including phenoxy) is 2. The molecule has 1 aliphatic heterocycles. The fourth-order valence-electron chi connectivity index (χ4n) is 0.596. The fourth-order valence-corrected chi connectivity index (χ4v) is 0.596. The topological polar surface area (TPSA) is 76.1 Å². The zero-order valence-electron chi connectivity index (χ0n) is 5.23. The molecule has 1 aliphatic rings. The maximum absolute atomic E-state index is 10.5.